The zero-order chi connectivity index (χ0) is 9.26. The van der Waals surface area contributed by atoms with Crippen LogP contribution < -0.4 is 0 Å². The lowest BCUT2D eigenvalue weighted by Gasteiger charge is -2.09. The normalized spacial score (nSPS) is 15.1. The van der Waals surface area contributed by atoms with Gasteiger partial charge < -0.3 is 4.42 Å². The molecule has 2 rings (SSSR count). The fourth-order valence-electron chi connectivity index (χ4n) is 1.78. The lowest BCUT2D eigenvalue weighted by Crippen LogP contribution is -2.06. The van der Waals surface area contributed by atoms with E-state index >= 15 is 0 Å². The number of hydrogen-bond donors (Lipinski definition) is 0. The van der Waals surface area contributed by atoms with Gasteiger partial charge in [0.2, 0.25) is 0 Å². The predicted molar refractivity (Wildman–Crippen MR) is 45.7 cm³/mol. The molecule has 0 aliphatic heterocycles. The van der Waals surface area contributed by atoms with E-state index in [2.05, 4.69) is 0 Å². The largest absolute Gasteiger partial charge is 0.460 e. The topological polar surface area (TPSA) is 47.3 Å². The molecule has 1 aromatic rings. The van der Waals surface area contributed by atoms with E-state index in [1.165, 1.54) is 0 Å². The molecule has 0 saturated heterocycles. The van der Waals surface area contributed by atoms with Crippen LogP contribution in [-0.2, 0) is 17.6 Å². The van der Waals surface area contributed by atoms with Crippen molar-refractivity contribution in [3.05, 3.63) is 23.2 Å². The lowest BCUT2D eigenvalue weighted by molar-refractivity contribution is -0.104. The zero-order valence-corrected chi connectivity index (χ0v) is 7.21. The molecular weight excluding hydrogens is 168 g/mol. The third kappa shape index (κ3) is 1.30. The maximum absolute atomic E-state index is 11.1. The standard InChI is InChI=1S/C10H10O3/c11-5-9(12)10-8-4-2-1-3-7(8)6-13-10/h5-6H,1-4H2. The molecule has 0 atom stereocenters. The third-order valence-corrected chi connectivity index (χ3v) is 2.43. The Kier molecular flexibility index (Phi) is 2.00. The van der Waals surface area contributed by atoms with Crippen LogP contribution in [0.2, 0.25) is 0 Å². The summed E-state index contributed by atoms with van der Waals surface area (Å²) in [5.41, 5.74) is 2.04. The smallest absolute Gasteiger partial charge is 0.260 e. The molecule has 1 heterocycles. The molecule has 0 amide bonds. The zero-order valence-electron chi connectivity index (χ0n) is 7.21. The van der Waals surface area contributed by atoms with Crippen LogP contribution in [0, 0.1) is 0 Å². The Labute approximate surface area is 75.7 Å². The highest BCUT2D eigenvalue weighted by atomic mass is 16.3. The molecule has 0 unspecified atom stereocenters. The average molecular weight is 178 g/mol. The fourth-order valence-corrected chi connectivity index (χ4v) is 1.78. The number of furan rings is 1. The van der Waals surface area contributed by atoms with E-state index in [1.807, 2.05) is 0 Å². The van der Waals surface area contributed by atoms with E-state index in [1.54, 1.807) is 6.26 Å². The van der Waals surface area contributed by atoms with Gasteiger partial charge in [-0.05, 0) is 31.2 Å². The highest BCUT2D eigenvalue weighted by Crippen LogP contribution is 2.26. The van der Waals surface area contributed by atoms with Crippen molar-refractivity contribution in [2.45, 2.75) is 25.7 Å². The number of hydrogen-bond acceptors (Lipinski definition) is 3. The van der Waals surface area contributed by atoms with Crippen LogP contribution >= 0.6 is 0 Å². The molecule has 0 saturated carbocycles. The number of ketones is 1. The van der Waals surface area contributed by atoms with Crippen LogP contribution in [-0.4, -0.2) is 12.1 Å². The van der Waals surface area contributed by atoms with Gasteiger partial charge in [-0.25, -0.2) is 0 Å². The Morgan fingerprint density at radius 1 is 1.38 bits per heavy atom. The van der Waals surface area contributed by atoms with Crippen LogP contribution in [0.1, 0.15) is 34.5 Å². The summed E-state index contributed by atoms with van der Waals surface area (Å²) in [5, 5.41) is 0. The van der Waals surface area contributed by atoms with Gasteiger partial charge in [-0.3, -0.25) is 9.59 Å². The van der Waals surface area contributed by atoms with Gasteiger partial charge in [0.05, 0.1) is 6.26 Å². The minimum absolute atomic E-state index is 0.254. The van der Waals surface area contributed by atoms with Crippen molar-refractivity contribution < 1.29 is 14.0 Å². The van der Waals surface area contributed by atoms with Gasteiger partial charge in [0.25, 0.3) is 5.78 Å². The molecule has 1 aliphatic rings. The van der Waals surface area contributed by atoms with Gasteiger partial charge in [-0.15, -0.1) is 0 Å². The van der Waals surface area contributed by atoms with Crippen LogP contribution in [0.15, 0.2) is 10.7 Å². The number of carbonyl (C=O) groups excluding carboxylic acids is 2. The maximum Gasteiger partial charge on any atom is 0.260 e. The number of rotatable bonds is 2. The van der Waals surface area contributed by atoms with Crippen molar-refractivity contribution in [2.24, 2.45) is 0 Å². The SMILES string of the molecule is O=CC(=O)c1occ2c1CCCC2. The molecule has 1 aromatic heterocycles. The number of Topliss-reactive ketones (excluding diaryl/α,β-unsaturated/α-hetero) is 1. The van der Waals surface area contributed by atoms with Crippen molar-refractivity contribution in [1.29, 1.82) is 0 Å². The Hall–Kier alpha value is -1.38. The van der Waals surface area contributed by atoms with Gasteiger partial charge in [-0.2, -0.15) is 0 Å². The molecular formula is C10H10O3. The summed E-state index contributed by atoms with van der Waals surface area (Å²) in [6.45, 7) is 0. The second kappa shape index (κ2) is 3.17. The fraction of sp³-hybridized carbons (Fsp3) is 0.400. The van der Waals surface area contributed by atoms with Crippen LogP contribution in [0.5, 0.6) is 0 Å². The second-order valence-corrected chi connectivity index (χ2v) is 3.26. The Morgan fingerprint density at radius 2 is 2.15 bits per heavy atom. The lowest BCUT2D eigenvalue weighted by atomic mass is 9.93. The van der Waals surface area contributed by atoms with Crippen molar-refractivity contribution in [3.63, 3.8) is 0 Å². The second-order valence-electron chi connectivity index (χ2n) is 3.26. The highest BCUT2D eigenvalue weighted by Gasteiger charge is 2.21. The van der Waals surface area contributed by atoms with E-state index in [4.69, 9.17) is 4.42 Å². The van der Waals surface area contributed by atoms with E-state index in [9.17, 15) is 9.59 Å². The number of fused-ring (bicyclic) bond motifs is 1. The molecule has 3 heteroatoms. The first-order chi connectivity index (χ1) is 6.33. The van der Waals surface area contributed by atoms with Crippen LogP contribution in [0.25, 0.3) is 0 Å². The van der Waals surface area contributed by atoms with E-state index in [-0.39, 0.29) is 5.76 Å². The molecule has 0 bridgehead atoms. The summed E-state index contributed by atoms with van der Waals surface area (Å²) in [7, 11) is 0. The average Bonchev–Trinajstić information content (AvgIpc) is 2.60. The van der Waals surface area contributed by atoms with E-state index in [0.717, 1.165) is 36.8 Å². The Morgan fingerprint density at radius 3 is 2.92 bits per heavy atom. The molecule has 0 radical (unpaired) electrons. The molecule has 13 heavy (non-hydrogen) atoms. The first-order valence-corrected chi connectivity index (χ1v) is 4.41. The summed E-state index contributed by atoms with van der Waals surface area (Å²) >= 11 is 0. The van der Waals surface area contributed by atoms with E-state index < -0.39 is 5.78 Å². The third-order valence-electron chi connectivity index (χ3n) is 2.43. The summed E-state index contributed by atoms with van der Waals surface area (Å²) in [4.78, 5) is 21.4. The van der Waals surface area contributed by atoms with Crippen LogP contribution in [0.3, 0.4) is 0 Å². The van der Waals surface area contributed by atoms with Crippen molar-refractivity contribution >= 4 is 12.1 Å². The van der Waals surface area contributed by atoms with Gasteiger partial charge in [0.15, 0.2) is 12.0 Å². The molecule has 0 spiro atoms. The molecule has 0 N–H and O–H groups in total. The van der Waals surface area contributed by atoms with E-state index in [0.29, 0.717) is 6.29 Å². The highest BCUT2D eigenvalue weighted by molar-refractivity contribution is 6.32. The summed E-state index contributed by atoms with van der Waals surface area (Å²) < 4.78 is 5.09. The quantitative estimate of drug-likeness (QED) is 0.392. The van der Waals surface area contributed by atoms with Gasteiger partial charge in [-0.1, -0.05) is 0 Å². The van der Waals surface area contributed by atoms with Gasteiger partial charge in [0.1, 0.15) is 0 Å². The molecule has 68 valence electrons. The summed E-state index contributed by atoms with van der Waals surface area (Å²) in [6, 6.07) is 0. The van der Waals surface area contributed by atoms with Crippen molar-refractivity contribution in [3.8, 4) is 0 Å². The van der Waals surface area contributed by atoms with Gasteiger partial charge >= 0.3 is 0 Å². The Balaban J connectivity index is 2.42. The minimum atomic E-state index is -0.539. The summed E-state index contributed by atoms with van der Waals surface area (Å²) in [5.74, 6) is -0.284. The van der Waals surface area contributed by atoms with Crippen molar-refractivity contribution in [1.82, 2.24) is 0 Å². The number of aryl methyl sites for hydroxylation is 1. The first kappa shape index (κ1) is 8.23. The first-order valence-electron chi connectivity index (χ1n) is 4.41. The molecule has 0 fully saturated rings. The monoisotopic (exact) mass is 178 g/mol. The van der Waals surface area contributed by atoms with Crippen molar-refractivity contribution in [2.75, 3.05) is 0 Å². The number of carbonyl (C=O) groups is 2. The summed E-state index contributed by atoms with van der Waals surface area (Å²) in [6.07, 6.45) is 5.96. The number of aldehydes is 1. The minimum Gasteiger partial charge on any atom is -0.460 e. The maximum atomic E-state index is 11.1. The predicted octanol–water partition coefficient (Wildman–Crippen LogP) is 1.54. The Bertz CT molecular complexity index is 349. The van der Waals surface area contributed by atoms with Gasteiger partial charge in [0, 0.05) is 5.56 Å². The van der Waals surface area contributed by atoms with Crippen LogP contribution in [0.4, 0.5) is 0 Å². The molecule has 0 aromatic carbocycles. The molecule has 1 aliphatic carbocycles. The molecule has 3 nitrogen and oxygen atoms in total.